The smallest absolute Gasteiger partial charge is 0.247 e. The molecule has 0 radical (unpaired) electrons. The highest BCUT2D eigenvalue weighted by Gasteiger charge is 2.17. The Morgan fingerprint density at radius 3 is 1.91 bits per heavy atom. The first kappa shape index (κ1) is 17.0. The van der Waals surface area contributed by atoms with Crippen LogP contribution in [0.3, 0.4) is 0 Å². The minimum absolute atomic E-state index is 0.186. The van der Waals surface area contributed by atoms with Gasteiger partial charge in [0.25, 0.3) is 0 Å². The molecule has 0 atom stereocenters. The van der Waals surface area contributed by atoms with Crippen molar-refractivity contribution < 1.29 is 13.2 Å². The molecule has 2 rings (SSSR count). The second-order valence-electron chi connectivity index (χ2n) is 5.44. The van der Waals surface area contributed by atoms with Crippen LogP contribution >= 0.6 is 0 Å². The monoisotopic (exact) mass is 329 g/mol. The lowest BCUT2D eigenvalue weighted by Gasteiger charge is -2.09. The molecular weight excluding hydrogens is 310 g/mol. The minimum atomic E-state index is -3.57. The molecule has 2 aromatic rings. The van der Waals surface area contributed by atoms with Gasteiger partial charge in [-0.05, 0) is 54.0 Å². The van der Waals surface area contributed by atoms with E-state index in [4.69, 9.17) is 0 Å². The van der Waals surface area contributed by atoms with E-state index < -0.39 is 9.84 Å². The van der Waals surface area contributed by atoms with E-state index in [0.717, 1.165) is 11.6 Å². The summed E-state index contributed by atoms with van der Waals surface area (Å²) in [5, 5.41) is 2.58. The van der Waals surface area contributed by atoms with Crippen molar-refractivity contribution in [2.75, 3.05) is 5.32 Å². The summed E-state index contributed by atoms with van der Waals surface area (Å²) >= 11 is 0. The molecule has 1 amide bonds. The molecule has 120 valence electrons. The summed E-state index contributed by atoms with van der Waals surface area (Å²) in [7, 11) is -3.57. The van der Waals surface area contributed by atoms with Gasteiger partial charge in [-0.3, -0.25) is 4.79 Å². The van der Waals surface area contributed by atoms with Crippen molar-refractivity contribution in [2.45, 2.75) is 29.6 Å². The second kappa shape index (κ2) is 6.79. The van der Waals surface area contributed by atoms with Gasteiger partial charge in [0.15, 0.2) is 0 Å². The van der Waals surface area contributed by atoms with Gasteiger partial charge >= 0.3 is 0 Å². The molecule has 0 bridgehead atoms. The molecule has 23 heavy (non-hydrogen) atoms. The molecule has 4 nitrogen and oxygen atoms in total. The van der Waals surface area contributed by atoms with Gasteiger partial charge in [0.1, 0.15) is 0 Å². The van der Waals surface area contributed by atoms with Crippen molar-refractivity contribution in [3.63, 3.8) is 0 Å². The van der Waals surface area contributed by atoms with E-state index in [9.17, 15) is 13.2 Å². The van der Waals surface area contributed by atoms with Gasteiger partial charge in [-0.25, -0.2) is 8.42 Å². The fourth-order valence-corrected chi connectivity index (χ4v) is 3.34. The molecule has 0 aliphatic carbocycles. The Labute approximate surface area is 136 Å². The standard InChI is InChI=1S/C18H19NO3S/c1-4-18(20)19-15-7-11-17(12-8-15)23(21,22)16-9-5-14(6-10-16)13(2)3/h4-13H,1H2,2-3H3,(H,19,20). The zero-order chi connectivity index (χ0) is 17.0. The number of carbonyl (C=O) groups is 1. The third-order valence-corrected chi connectivity index (χ3v) is 5.26. The number of amides is 1. The Morgan fingerprint density at radius 2 is 1.48 bits per heavy atom. The Hall–Kier alpha value is -2.40. The zero-order valence-corrected chi connectivity index (χ0v) is 13.9. The number of nitrogens with one attached hydrogen (secondary N) is 1. The fourth-order valence-electron chi connectivity index (χ4n) is 2.08. The van der Waals surface area contributed by atoms with Gasteiger partial charge in [0.2, 0.25) is 15.7 Å². The van der Waals surface area contributed by atoms with Crippen LogP contribution in [0.25, 0.3) is 0 Å². The molecule has 0 unspecified atom stereocenters. The lowest BCUT2D eigenvalue weighted by Crippen LogP contribution is -2.07. The Kier molecular flexibility index (Phi) is 5.01. The Morgan fingerprint density at radius 1 is 1.00 bits per heavy atom. The molecule has 0 saturated carbocycles. The molecule has 5 heteroatoms. The summed E-state index contributed by atoms with van der Waals surface area (Å²) in [5.74, 6) is 0.00407. The normalized spacial score (nSPS) is 11.3. The van der Waals surface area contributed by atoms with Crippen molar-refractivity contribution >= 4 is 21.4 Å². The summed E-state index contributed by atoms with van der Waals surface area (Å²) in [6.45, 7) is 7.48. The topological polar surface area (TPSA) is 63.2 Å². The quantitative estimate of drug-likeness (QED) is 0.849. The van der Waals surface area contributed by atoms with Crippen LogP contribution in [0, 0.1) is 0 Å². The molecule has 1 N–H and O–H groups in total. The van der Waals surface area contributed by atoms with E-state index >= 15 is 0 Å². The number of sulfone groups is 1. The summed E-state index contributed by atoms with van der Waals surface area (Å²) in [5.41, 5.74) is 1.61. The van der Waals surface area contributed by atoms with Crippen LogP contribution in [-0.4, -0.2) is 14.3 Å². The maximum Gasteiger partial charge on any atom is 0.247 e. The summed E-state index contributed by atoms with van der Waals surface area (Å²) in [6.07, 6.45) is 1.15. The highest BCUT2D eigenvalue weighted by atomic mass is 32.2. The van der Waals surface area contributed by atoms with Crippen LogP contribution in [-0.2, 0) is 14.6 Å². The minimum Gasteiger partial charge on any atom is -0.323 e. The van der Waals surface area contributed by atoms with Crippen LogP contribution in [0.15, 0.2) is 71.0 Å². The highest BCUT2D eigenvalue weighted by Crippen LogP contribution is 2.24. The first-order valence-electron chi connectivity index (χ1n) is 7.23. The number of benzene rings is 2. The first-order valence-corrected chi connectivity index (χ1v) is 8.71. The van der Waals surface area contributed by atoms with Crippen LogP contribution in [0.1, 0.15) is 25.3 Å². The Balaban J connectivity index is 2.28. The average Bonchev–Trinajstić information content (AvgIpc) is 2.55. The van der Waals surface area contributed by atoms with Crippen molar-refractivity contribution in [3.05, 3.63) is 66.7 Å². The van der Waals surface area contributed by atoms with Gasteiger partial charge in [-0.1, -0.05) is 32.6 Å². The maximum atomic E-state index is 12.6. The SMILES string of the molecule is C=CC(=O)Nc1ccc(S(=O)(=O)c2ccc(C(C)C)cc2)cc1. The largest absolute Gasteiger partial charge is 0.323 e. The van der Waals surface area contributed by atoms with Gasteiger partial charge in [0, 0.05) is 5.69 Å². The predicted octanol–water partition coefficient (Wildman–Crippen LogP) is 3.77. The zero-order valence-electron chi connectivity index (χ0n) is 13.1. The van der Waals surface area contributed by atoms with Crippen LogP contribution in [0.4, 0.5) is 5.69 Å². The first-order chi connectivity index (χ1) is 10.8. The van der Waals surface area contributed by atoms with E-state index in [0.29, 0.717) is 11.6 Å². The van der Waals surface area contributed by atoms with Gasteiger partial charge < -0.3 is 5.32 Å². The van der Waals surface area contributed by atoms with Gasteiger partial charge in [-0.15, -0.1) is 0 Å². The van der Waals surface area contributed by atoms with Crippen molar-refractivity contribution in [1.82, 2.24) is 0 Å². The van der Waals surface area contributed by atoms with E-state index in [1.807, 2.05) is 12.1 Å². The van der Waals surface area contributed by atoms with Crippen molar-refractivity contribution in [2.24, 2.45) is 0 Å². The molecule has 0 saturated heterocycles. The molecule has 0 fully saturated rings. The lowest BCUT2D eigenvalue weighted by molar-refractivity contribution is -0.111. The number of hydrogen-bond donors (Lipinski definition) is 1. The number of carbonyl (C=O) groups excluding carboxylic acids is 1. The van der Waals surface area contributed by atoms with Crippen molar-refractivity contribution in [3.8, 4) is 0 Å². The fraction of sp³-hybridized carbons (Fsp3) is 0.167. The van der Waals surface area contributed by atoms with E-state index in [-0.39, 0.29) is 15.7 Å². The lowest BCUT2D eigenvalue weighted by atomic mass is 10.0. The van der Waals surface area contributed by atoms with E-state index in [1.54, 1.807) is 24.3 Å². The molecule has 0 heterocycles. The van der Waals surface area contributed by atoms with Crippen molar-refractivity contribution in [1.29, 1.82) is 0 Å². The summed E-state index contributed by atoms with van der Waals surface area (Å²) < 4.78 is 25.2. The molecule has 0 aliphatic heterocycles. The summed E-state index contributed by atoms with van der Waals surface area (Å²) in [4.78, 5) is 11.7. The van der Waals surface area contributed by atoms with E-state index in [2.05, 4.69) is 25.7 Å². The number of hydrogen-bond acceptors (Lipinski definition) is 3. The molecule has 0 aliphatic rings. The highest BCUT2D eigenvalue weighted by molar-refractivity contribution is 7.91. The molecular formula is C18H19NO3S. The second-order valence-corrected chi connectivity index (χ2v) is 7.39. The number of anilines is 1. The molecule has 2 aromatic carbocycles. The third kappa shape index (κ3) is 3.87. The summed E-state index contributed by atoms with van der Waals surface area (Å²) in [6, 6.07) is 13.0. The van der Waals surface area contributed by atoms with Gasteiger partial charge in [-0.2, -0.15) is 0 Å². The number of rotatable bonds is 5. The van der Waals surface area contributed by atoms with Crippen LogP contribution < -0.4 is 5.32 Å². The predicted molar refractivity (Wildman–Crippen MR) is 91.3 cm³/mol. The van der Waals surface area contributed by atoms with Crippen LogP contribution in [0.2, 0.25) is 0 Å². The van der Waals surface area contributed by atoms with Crippen LogP contribution in [0.5, 0.6) is 0 Å². The average molecular weight is 329 g/mol. The third-order valence-electron chi connectivity index (χ3n) is 3.47. The van der Waals surface area contributed by atoms with E-state index in [1.165, 1.54) is 12.1 Å². The van der Waals surface area contributed by atoms with Gasteiger partial charge in [0.05, 0.1) is 9.79 Å². The molecule has 0 spiro atoms. The Bertz CT molecular complexity index is 804. The maximum absolute atomic E-state index is 12.6. The molecule has 0 aromatic heterocycles.